The van der Waals surface area contributed by atoms with E-state index in [1.54, 1.807) is 0 Å². The normalized spacial score (nSPS) is 16.5. The van der Waals surface area contributed by atoms with E-state index in [0.717, 1.165) is 54.9 Å². The highest BCUT2D eigenvalue weighted by atomic mass is 35.5. The summed E-state index contributed by atoms with van der Waals surface area (Å²) in [5.41, 5.74) is 2.08. The molecule has 2 aromatic rings. The van der Waals surface area contributed by atoms with E-state index in [0.29, 0.717) is 10.9 Å². The molecular weight excluding hydrogens is 365 g/mol. The Kier molecular flexibility index (Phi) is 6.61. The van der Waals surface area contributed by atoms with Gasteiger partial charge < -0.3 is 4.90 Å². The van der Waals surface area contributed by atoms with Crippen LogP contribution in [-0.2, 0) is 11.2 Å². The van der Waals surface area contributed by atoms with Crippen molar-refractivity contribution in [2.24, 2.45) is 5.92 Å². The SMILES string of the molecule is CC1CCN(C(=O)C(CCc2ccccc2Cl)c2cccc(Cl)c2)CC1. The highest BCUT2D eigenvalue weighted by Gasteiger charge is 2.28. The molecule has 2 aromatic carbocycles. The van der Waals surface area contributed by atoms with Gasteiger partial charge >= 0.3 is 0 Å². The number of carbonyl (C=O) groups excluding carboxylic acids is 1. The molecule has 26 heavy (non-hydrogen) atoms. The lowest BCUT2D eigenvalue weighted by atomic mass is 9.89. The second-order valence-corrected chi connectivity index (χ2v) is 8.09. The van der Waals surface area contributed by atoms with Crippen LogP contribution in [0, 0.1) is 5.92 Å². The van der Waals surface area contributed by atoms with Crippen molar-refractivity contribution in [3.8, 4) is 0 Å². The Morgan fingerprint density at radius 3 is 2.54 bits per heavy atom. The molecule has 1 heterocycles. The molecule has 1 fully saturated rings. The molecular formula is C22H25Cl2NO. The summed E-state index contributed by atoms with van der Waals surface area (Å²) in [6.07, 6.45) is 3.67. The third-order valence-electron chi connectivity index (χ3n) is 5.30. The Morgan fingerprint density at radius 2 is 1.85 bits per heavy atom. The molecule has 0 radical (unpaired) electrons. The van der Waals surface area contributed by atoms with Crippen LogP contribution in [0.15, 0.2) is 48.5 Å². The monoisotopic (exact) mass is 389 g/mol. The van der Waals surface area contributed by atoms with Crippen molar-refractivity contribution < 1.29 is 4.79 Å². The van der Waals surface area contributed by atoms with Gasteiger partial charge in [0, 0.05) is 23.1 Å². The standard InChI is InChI=1S/C22H25Cl2NO/c1-16-11-13-25(14-12-16)22(26)20(18-6-4-7-19(23)15-18)10-9-17-5-2-3-8-21(17)24/h2-8,15-16,20H,9-14H2,1H3. The fraction of sp³-hybridized carbons (Fsp3) is 0.409. The maximum atomic E-state index is 13.3. The minimum atomic E-state index is -0.182. The molecule has 4 heteroatoms. The average molecular weight is 390 g/mol. The van der Waals surface area contributed by atoms with Gasteiger partial charge in [0.05, 0.1) is 5.92 Å². The molecule has 1 amide bonds. The predicted molar refractivity (Wildman–Crippen MR) is 109 cm³/mol. The van der Waals surface area contributed by atoms with Crippen LogP contribution < -0.4 is 0 Å². The number of carbonyl (C=O) groups is 1. The lowest BCUT2D eigenvalue weighted by Crippen LogP contribution is -2.40. The van der Waals surface area contributed by atoms with E-state index in [1.807, 2.05) is 53.4 Å². The molecule has 138 valence electrons. The van der Waals surface area contributed by atoms with Crippen molar-refractivity contribution >= 4 is 29.1 Å². The van der Waals surface area contributed by atoms with Gasteiger partial charge in [-0.3, -0.25) is 4.79 Å². The fourth-order valence-electron chi connectivity index (χ4n) is 3.61. The van der Waals surface area contributed by atoms with Gasteiger partial charge in [-0.05, 0) is 60.9 Å². The van der Waals surface area contributed by atoms with Crippen LogP contribution in [0.5, 0.6) is 0 Å². The van der Waals surface area contributed by atoms with E-state index in [4.69, 9.17) is 23.2 Å². The van der Waals surface area contributed by atoms with Crippen LogP contribution in [0.4, 0.5) is 0 Å². The molecule has 3 rings (SSSR count). The van der Waals surface area contributed by atoms with Crippen LogP contribution in [0.25, 0.3) is 0 Å². The second-order valence-electron chi connectivity index (χ2n) is 7.25. The minimum absolute atomic E-state index is 0.182. The van der Waals surface area contributed by atoms with Crippen LogP contribution in [0.1, 0.15) is 43.2 Å². The zero-order chi connectivity index (χ0) is 18.5. The maximum Gasteiger partial charge on any atom is 0.230 e. The zero-order valence-corrected chi connectivity index (χ0v) is 16.6. The molecule has 2 nitrogen and oxygen atoms in total. The Bertz CT molecular complexity index is 753. The fourth-order valence-corrected chi connectivity index (χ4v) is 4.04. The highest BCUT2D eigenvalue weighted by Crippen LogP contribution is 2.29. The van der Waals surface area contributed by atoms with Gasteiger partial charge in [0.1, 0.15) is 0 Å². The molecule has 0 spiro atoms. The Labute approximate surface area is 166 Å². The summed E-state index contributed by atoms with van der Waals surface area (Å²) >= 11 is 12.5. The number of aryl methyl sites for hydroxylation is 1. The summed E-state index contributed by atoms with van der Waals surface area (Å²) < 4.78 is 0. The molecule has 1 aliphatic heterocycles. The largest absolute Gasteiger partial charge is 0.342 e. The van der Waals surface area contributed by atoms with Gasteiger partial charge in [-0.15, -0.1) is 0 Å². The van der Waals surface area contributed by atoms with E-state index in [9.17, 15) is 4.79 Å². The van der Waals surface area contributed by atoms with E-state index >= 15 is 0 Å². The zero-order valence-electron chi connectivity index (χ0n) is 15.1. The summed E-state index contributed by atoms with van der Waals surface area (Å²) in [7, 11) is 0. The van der Waals surface area contributed by atoms with Crippen molar-refractivity contribution in [2.75, 3.05) is 13.1 Å². The van der Waals surface area contributed by atoms with Crippen LogP contribution in [0.3, 0.4) is 0 Å². The number of hydrogen-bond acceptors (Lipinski definition) is 1. The van der Waals surface area contributed by atoms with E-state index < -0.39 is 0 Å². The molecule has 0 aromatic heterocycles. The smallest absolute Gasteiger partial charge is 0.230 e. The number of nitrogens with zero attached hydrogens (tertiary/aromatic N) is 1. The predicted octanol–water partition coefficient (Wildman–Crippen LogP) is 5.97. The van der Waals surface area contributed by atoms with Gasteiger partial charge in [0.15, 0.2) is 0 Å². The molecule has 0 saturated carbocycles. The van der Waals surface area contributed by atoms with Gasteiger partial charge in [-0.25, -0.2) is 0 Å². The maximum absolute atomic E-state index is 13.3. The molecule has 0 aliphatic carbocycles. The number of halogens is 2. The molecule has 0 bridgehead atoms. The summed E-state index contributed by atoms with van der Waals surface area (Å²) in [6, 6.07) is 15.6. The quantitative estimate of drug-likeness (QED) is 0.616. The lowest BCUT2D eigenvalue weighted by Gasteiger charge is -2.33. The van der Waals surface area contributed by atoms with Crippen molar-refractivity contribution in [1.29, 1.82) is 0 Å². The number of hydrogen-bond donors (Lipinski definition) is 0. The number of benzene rings is 2. The van der Waals surface area contributed by atoms with Crippen LogP contribution >= 0.6 is 23.2 Å². The van der Waals surface area contributed by atoms with E-state index in [-0.39, 0.29) is 11.8 Å². The topological polar surface area (TPSA) is 20.3 Å². The first-order valence-electron chi connectivity index (χ1n) is 9.32. The third-order valence-corrected chi connectivity index (χ3v) is 5.91. The summed E-state index contributed by atoms with van der Waals surface area (Å²) in [5, 5.41) is 1.43. The Morgan fingerprint density at radius 1 is 1.12 bits per heavy atom. The van der Waals surface area contributed by atoms with Crippen LogP contribution in [0.2, 0.25) is 10.0 Å². The summed E-state index contributed by atoms with van der Waals surface area (Å²) in [5.74, 6) is 0.733. The Balaban J connectivity index is 1.79. The first kappa shape index (κ1) is 19.3. The number of amides is 1. The third kappa shape index (κ3) is 4.81. The van der Waals surface area contributed by atoms with Crippen molar-refractivity contribution in [3.05, 3.63) is 69.7 Å². The highest BCUT2D eigenvalue weighted by molar-refractivity contribution is 6.31. The van der Waals surface area contributed by atoms with Crippen LogP contribution in [-0.4, -0.2) is 23.9 Å². The van der Waals surface area contributed by atoms with Gasteiger partial charge in [0.25, 0.3) is 0 Å². The number of rotatable bonds is 5. The van der Waals surface area contributed by atoms with Gasteiger partial charge in [-0.2, -0.15) is 0 Å². The molecule has 0 N–H and O–H groups in total. The Hall–Kier alpha value is -1.51. The lowest BCUT2D eigenvalue weighted by molar-refractivity contribution is -0.134. The van der Waals surface area contributed by atoms with E-state index in [2.05, 4.69) is 6.92 Å². The number of likely N-dealkylation sites (tertiary alicyclic amines) is 1. The average Bonchev–Trinajstić information content (AvgIpc) is 2.64. The van der Waals surface area contributed by atoms with E-state index in [1.165, 1.54) is 0 Å². The summed E-state index contributed by atoms with van der Waals surface area (Å²) in [4.78, 5) is 15.3. The first-order valence-corrected chi connectivity index (χ1v) is 10.1. The molecule has 1 saturated heterocycles. The second kappa shape index (κ2) is 8.92. The van der Waals surface area contributed by atoms with Crippen molar-refractivity contribution in [2.45, 2.75) is 38.5 Å². The molecule has 1 unspecified atom stereocenters. The van der Waals surface area contributed by atoms with Gasteiger partial charge in [0.2, 0.25) is 5.91 Å². The molecule has 1 atom stereocenters. The van der Waals surface area contributed by atoms with Crippen molar-refractivity contribution in [1.82, 2.24) is 4.90 Å². The molecule has 1 aliphatic rings. The van der Waals surface area contributed by atoms with Crippen molar-refractivity contribution in [3.63, 3.8) is 0 Å². The van der Waals surface area contributed by atoms with Gasteiger partial charge in [-0.1, -0.05) is 60.5 Å². The number of piperidine rings is 1. The first-order chi connectivity index (χ1) is 12.5. The summed E-state index contributed by atoms with van der Waals surface area (Å²) in [6.45, 7) is 3.96. The minimum Gasteiger partial charge on any atom is -0.342 e.